The Kier molecular flexibility index (Phi) is 4.96. The molecule has 2 aromatic carbocycles. The largest absolute Gasteiger partial charge is 0.434 e. The summed E-state index contributed by atoms with van der Waals surface area (Å²) < 4.78 is 33.8. The average Bonchev–Trinajstić information content (AvgIpc) is 3.11. The van der Waals surface area contributed by atoms with Gasteiger partial charge < -0.3 is 10.1 Å². The second-order valence-electron chi connectivity index (χ2n) is 5.75. The minimum absolute atomic E-state index is 0.0893. The van der Waals surface area contributed by atoms with Crippen LogP contribution >= 0.6 is 31.9 Å². The van der Waals surface area contributed by atoms with Gasteiger partial charge in [0.2, 0.25) is 5.95 Å². The van der Waals surface area contributed by atoms with Gasteiger partial charge in [-0.3, -0.25) is 0 Å². The Bertz CT molecular complexity index is 1020. The lowest BCUT2D eigenvalue weighted by Gasteiger charge is -2.26. The van der Waals surface area contributed by atoms with Crippen molar-refractivity contribution in [3.63, 3.8) is 0 Å². The van der Waals surface area contributed by atoms with Crippen LogP contribution in [0.15, 0.2) is 63.8 Å². The summed E-state index contributed by atoms with van der Waals surface area (Å²) >= 11 is 6.86. The van der Waals surface area contributed by atoms with Crippen molar-refractivity contribution in [1.82, 2.24) is 14.8 Å². The molecule has 0 fully saturated rings. The maximum Gasteiger partial charge on any atom is 0.387 e. The van der Waals surface area contributed by atoms with Crippen molar-refractivity contribution in [2.75, 3.05) is 5.32 Å². The predicted octanol–water partition coefficient (Wildman–Crippen LogP) is 5.46. The molecule has 0 saturated carbocycles. The molecule has 9 heteroatoms. The summed E-state index contributed by atoms with van der Waals surface area (Å²) in [6.45, 7) is -2.92. The van der Waals surface area contributed by atoms with Crippen molar-refractivity contribution in [2.24, 2.45) is 0 Å². The van der Waals surface area contributed by atoms with Crippen molar-refractivity contribution in [3.8, 4) is 5.75 Å². The Morgan fingerprint density at radius 2 is 1.93 bits per heavy atom. The fourth-order valence-corrected chi connectivity index (χ4v) is 3.71. The predicted molar refractivity (Wildman–Crippen MR) is 105 cm³/mol. The van der Waals surface area contributed by atoms with E-state index in [9.17, 15) is 8.78 Å². The number of benzene rings is 2. The molecule has 1 aliphatic heterocycles. The highest BCUT2D eigenvalue weighted by atomic mass is 79.9. The first kappa shape index (κ1) is 18.1. The topological polar surface area (TPSA) is 52.0 Å². The van der Waals surface area contributed by atoms with Gasteiger partial charge in [0.25, 0.3) is 0 Å². The van der Waals surface area contributed by atoms with E-state index in [0.717, 1.165) is 20.2 Å². The Morgan fingerprint density at radius 3 is 2.70 bits per heavy atom. The van der Waals surface area contributed by atoms with E-state index in [1.807, 2.05) is 30.3 Å². The van der Waals surface area contributed by atoms with Gasteiger partial charge in [-0.25, -0.2) is 4.68 Å². The number of aromatic nitrogens is 3. The zero-order valence-corrected chi connectivity index (χ0v) is 16.8. The van der Waals surface area contributed by atoms with Crippen LogP contribution in [0.4, 0.5) is 14.7 Å². The maximum absolute atomic E-state index is 12.9. The number of allylic oxidation sites excluding steroid dienone is 1. The minimum atomic E-state index is -2.92. The number of alkyl halides is 2. The summed E-state index contributed by atoms with van der Waals surface area (Å²) in [6.07, 6.45) is 3.32. The molecule has 1 atom stereocenters. The molecule has 0 amide bonds. The van der Waals surface area contributed by atoms with Crippen LogP contribution in [0.2, 0.25) is 0 Å². The van der Waals surface area contributed by atoms with Crippen LogP contribution in [0.25, 0.3) is 5.70 Å². The van der Waals surface area contributed by atoms with E-state index in [0.29, 0.717) is 11.5 Å². The van der Waals surface area contributed by atoms with Crippen LogP contribution in [0.1, 0.15) is 17.2 Å². The highest BCUT2D eigenvalue weighted by molar-refractivity contribution is 9.10. The number of rotatable bonds is 4. The standard InChI is InChI=1S/C18H12Br2F2N4O/c19-11-3-1-2-10(6-11)14-8-15(26-18(25-14)23-9-24-26)13-7-12(20)4-5-16(13)27-17(21)22/h1-9,15,17H,(H,23,24,25). The van der Waals surface area contributed by atoms with Crippen LogP contribution in [-0.2, 0) is 0 Å². The van der Waals surface area contributed by atoms with E-state index in [-0.39, 0.29) is 5.75 Å². The van der Waals surface area contributed by atoms with Gasteiger partial charge in [0, 0.05) is 20.2 Å². The molecule has 1 unspecified atom stereocenters. The number of hydrogen-bond donors (Lipinski definition) is 1. The number of ether oxygens (including phenoxy) is 1. The van der Waals surface area contributed by atoms with Crippen LogP contribution < -0.4 is 10.1 Å². The van der Waals surface area contributed by atoms with Crippen LogP contribution in [0.5, 0.6) is 5.75 Å². The zero-order valence-electron chi connectivity index (χ0n) is 13.6. The van der Waals surface area contributed by atoms with Crippen molar-refractivity contribution in [3.05, 3.63) is 74.9 Å². The smallest absolute Gasteiger partial charge is 0.387 e. The van der Waals surface area contributed by atoms with Gasteiger partial charge in [0.05, 0.1) is 0 Å². The number of nitrogens with one attached hydrogen (secondary N) is 1. The summed E-state index contributed by atoms with van der Waals surface area (Å²) in [7, 11) is 0. The Hall–Kier alpha value is -2.26. The highest BCUT2D eigenvalue weighted by Crippen LogP contribution is 2.38. The molecule has 1 aliphatic rings. The summed E-state index contributed by atoms with van der Waals surface area (Å²) in [4.78, 5) is 4.23. The molecular weight excluding hydrogens is 486 g/mol. The molecule has 0 radical (unpaired) electrons. The monoisotopic (exact) mass is 496 g/mol. The summed E-state index contributed by atoms with van der Waals surface area (Å²) in [5.41, 5.74) is 2.27. The van der Waals surface area contributed by atoms with Crippen LogP contribution in [0.3, 0.4) is 0 Å². The SMILES string of the molecule is FC(F)Oc1ccc(Br)cc1C1C=C(c2cccc(Br)c2)Nc2ncnn21. The highest BCUT2D eigenvalue weighted by Gasteiger charge is 2.27. The zero-order chi connectivity index (χ0) is 19.0. The number of halogens is 4. The minimum Gasteiger partial charge on any atom is -0.434 e. The number of hydrogen-bond acceptors (Lipinski definition) is 4. The van der Waals surface area contributed by atoms with Gasteiger partial charge in [-0.1, -0.05) is 44.0 Å². The lowest BCUT2D eigenvalue weighted by atomic mass is 10.0. The Balaban J connectivity index is 1.85. The lowest BCUT2D eigenvalue weighted by Crippen LogP contribution is -2.21. The fourth-order valence-electron chi connectivity index (χ4n) is 2.93. The first-order chi connectivity index (χ1) is 13.0. The summed E-state index contributed by atoms with van der Waals surface area (Å²) in [5.74, 6) is 0.604. The Labute approximate surface area is 170 Å². The molecule has 5 nitrogen and oxygen atoms in total. The molecular formula is C18H12Br2F2N4O. The van der Waals surface area contributed by atoms with E-state index < -0.39 is 12.7 Å². The molecule has 3 aromatic rings. The average molecular weight is 498 g/mol. The van der Waals surface area contributed by atoms with E-state index in [4.69, 9.17) is 4.74 Å². The van der Waals surface area contributed by atoms with Crippen molar-refractivity contribution < 1.29 is 13.5 Å². The first-order valence-electron chi connectivity index (χ1n) is 7.90. The quantitative estimate of drug-likeness (QED) is 0.520. The Morgan fingerprint density at radius 1 is 1.11 bits per heavy atom. The van der Waals surface area contributed by atoms with Crippen LogP contribution in [0, 0.1) is 0 Å². The van der Waals surface area contributed by atoms with Crippen LogP contribution in [-0.4, -0.2) is 21.4 Å². The third kappa shape index (κ3) is 3.74. The van der Waals surface area contributed by atoms with E-state index in [1.54, 1.807) is 16.8 Å². The second-order valence-corrected chi connectivity index (χ2v) is 7.58. The van der Waals surface area contributed by atoms with Gasteiger partial charge in [0.1, 0.15) is 18.1 Å². The van der Waals surface area contributed by atoms with Gasteiger partial charge in [-0.15, -0.1) is 0 Å². The van der Waals surface area contributed by atoms with E-state index in [2.05, 4.69) is 47.3 Å². The lowest BCUT2D eigenvalue weighted by molar-refractivity contribution is -0.0506. The molecule has 0 bridgehead atoms. The molecule has 2 heterocycles. The molecule has 1 aromatic heterocycles. The van der Waals surface area contributed by atoms with Gasteiger partial charge in [-0.2, -0.15) is 18.9 Å². The van der Waals surface area contributed by atoms with Crippen molar-refractivity contribution in [2.45, 2.75) is 12.7 Å². The van der Waals surface area contributed by atoms with Crippen molar-refractivity contribution in [1.29, 1.82) is 0 Å². The summed E-state index contributed by atoms with van der Waals surface area (Å²) in [5, 5.41) is 7.47. The molecule has 0 aliphatic carbocycles. The van der Waals surface area contributed by atoms with Gasteiger partial charge in [-0.05, 0) is 42.0 Å². The van der Waals surface area contributed by atoms with Crippen molar-refractivity contribution >= 4 is 43.5 Å². The molecule has 0 saturated heterocycles. The summed E-state index contributed by atoms with van der Waals surface area (Å²) in [6, 6.07) is 12.2. The van der Waals surface area contributed by atoms with Gasteiger partial charge >= 0.3 is 6.61 Å². The number of nitrogens with zero attached hydrogens (tertiary/aromatic N) is 3. The molecule has 4 rings (SSSR count). The number of fused-ring (bicyclic) bond motifs is 1. The third-order valence-corrected chi connectivity index (χ3v) is 5.04. The maximum atomic E-state index is 12.9. The second kappa shape index (κ2) is 7.40. The van der Waals surface area contributed by atoms with E-state index >= 15 is 0 Å². The molecule has 0 spiro atoms. The van der Waals surface area contributed by atoms with Gasteiger partial charge in [0.15, 0.2) is 0 Å². The normalized spacial score (nSPS) is 15.9. The number of anilines is 1. The first-order valence-corrected chi connectivity index (χ1v) is 9.48. The molecule has 27 heavy (non-hydrogen) atoms. The molecule has 1 N–H and O–H groups in total. The van der Waals surface area contributed by atoms with E-state index in [1.165, 1.54) is 12.4 Å². The fraction of sp³-hybridized carbons (Fsp3) is 0.111. The third-order valence-electron chi connectivity index (χ3n) is 4.05. The molecule has 138 valence electrons.